The number of thioether (sulfide) groups is 1. The Morgan fingerprint density at radius 1 is 1.71 bits per heavy atom. The monoisotopic (exact) mass is 253 g/mol. The molecular weight excluding hydrogens is 238 g/mol. The van der Waals surface area contributed by atoms with Crippen LogP contribution in [0.4, 0.5) is 11.5 Å². The van der Waals surface area contributed by atoms with Gasteiger partial charge in [-0.05, 0) is 13.0 Å². The smallest absolute Gasteiger partial charge is 0.337 e. The van der Waals surface area contributed by atoms with E-state index in [1.807, 2.05) is 11.8 Å². The van der Waals surface area contributed by atoms with Crippen LogP contribution in [0.2, 0.25) is 0 Å². The Balaban J connectivity index is 2.32. The molecule has 1 unspecified atom stereocenters. The summed E-state index contributed by atoms with van der Waals surface area (Å²) in [5, 5.41) is 9.02. The molecule has 0 radical (unpaired) electrons. The molecule has 1 aliphatic rings. The second kappa shape index (κ2) is 4.83. The second-order valence-electron chi connectivity index (χ2n) is 4.05. The van der Waals surface area contributed by atoms with Gasteiger partial charge in [0, 0.05) is 24.1 Å². The third-order valence-corrected chi connectivity index (χ3v) is 4.00. The largest absolute Gasteiger partial charge is 0.478 e. The SMILES string of the molecule is CC1CSCCN1c1cc(C(=O)O)c(N)cn1. The minimum absolute atomic E-state index is 0.125. The molecule has 2 heterocycles. The third-order valence-electron chi connectivity index (χ3n) is 2.81. The quantitative estimate of drug-likeness (QED) is 0.827. The topological polar surface area (TPSA) is 79.5 Å². The highest BCUT2D eigenvalue weighted by molar-refractivity contribution is 7.99. The molecule has 1 aromatic heterocycles. The van der Waals surface area contributed by atoms with Crippen molar-refractivity contribution in [2.45, 2.75) is 13.0 Å². The van der Waals surface area contributed by atoms with Crippen LogP contribution < -0.4 is 10.6 Å². The van der Waals surface area contributed by atoms with Crippen molar-refractivity contribution in [2.24, 2.45) is 0 Å². The van der Waals surface area contributed by atoms with Crippen LogP contribution in [0, 0.1) is 0 Å². The summed E-state index contributed by atoms with van der Waals surface area (Å²) >= 11 is 1.90. The van der Waals surface area contributed by atoms with Crippen LogP contribution in [0.1, 0.15) is 17.3 Å². The zero-order chi connectivity index (χ0) is 12.4. The molecule has 0 aliphatic carbocycles. The van der Waals surface area contributed by atoms with Crippen molar-refractivity contribution in [3.05, 3.63) is 17.8 Å². The summed E-state index contributed by atoms with van der Waals surface area (Å²) in [5.41, 5.74) is 5.92. The van der Waals surface area contributed by atoms with Crippen molar-refractivity contribution in [3.8, 4) is 0 Å². The normalized spacial score (nSPS) is 20.3. The van der Waals surface area contributed by atoms with E-state index in [-0.39, 0.29) is 11.3 Å². The van der Waals surface area contributed by atoms with Gasteiger partial charge in [0.15, 0.2) is 0 Å². The van der Waals surface area contributed by atoms with Gasteiger partial charge in [0.2, 0.25) is 0 Å². The van der Waals surface area contributed by atoms with Gasteiger partial charge in [-0.1, -0.05) is 0 Å². The molecule has 0 spiro atoms. The number of hydrogen-bond donors (Lipinski definition) is 2. The maximum atomic E-state index is 11.0. The number of carbonyl (C=O) groups is 1. The summed E-state index contributed by atoms with van der Waals surface area (Å²) in [5.74, 6) is 1.77. The van der Waals surface area contributed by atoms with Crippen molar-refractivity contribution in [3.63, 3.8) is 0 Å². The summed E-state index contributed by atoms with van der Waals surface area (Å²) in [6.45, 7) is 3.01. The van der Waals surface area contributed by atoms with Crippen molar-refractivity contribution in [2.75, 3.05) is 28.7 Å². The van der Waals surface area contributed by atoms with Crippen molar-refractivity contribution < 1.29 is 9.90 Å². The van der Waals surface area contributed by atoms with Gasteiger partial charge in [-0.2, -0.15) is 11.8 Å². The fourth-order valence-corrected chi connectivity index (χ4v) is 2.88. The summed E-state index contributed by atoms with van der Waals surface area (Å²) in [6.07, 6.45) is 1.42. The van der Waals surface area contributed by atoms with E-state index in [4.69, 9.17) is 10.8 Å². The maximum absolute atomic E-state index is 11.0. The second-order valence-corrected chi connectivity index (χ2v) is 5.20. The molecule has 6 heteroatoms. The fourth-order valence-electron chi connectivity index (χ4n) is 1.86. The minimum atomic E-state index is -1.01. The lowest BCUT2D eigenvalue weighted by Gasteiger charge is -2.34. The van der Waals surface area contributed by atoms with Crippen LogP contribution in [-0.4, -0.2) is 40.2 Å². The molecule has 1 atom stereocenters. The van der Waals surface area contributed by atoms with Gasteiger partial charge >= 0.3 is 5.97 Å². The Morgan fingerprint density at radius 2 is 2.47 bits per heavy atom. The molecule has 1 aromatic rings. The van der Waals surface area contributed by atoms with E-state index >= 15 is 0 Å². The van der Waals surface area contributed by atoms with Gasteiger partial charge in [0.05, 0.1) is 17.4 Å². The molecule has 92 valence electrons. The van der Waals surface area contributed by atoms with Gasteiger partial charge in [-0.15, -0.1) is 0 Å². The zero-order valence-electron chi connectivity index (χ0n) is 9.59. The van der Waals surface area contributed by atoms with Gasteiger partial charge in [0.1, 0.15) is 5.82 Å². The number of carboxylic acid groups (broad SMARTS) is 1. The number of hydrogen-bond acceptors (Lipinski definition) is 5. The first kappa shape index (κ1) is 12.0. The molecule has 0 amide bonds. The average Bonchev–Trinajstić information content (AvgIpc) is 2.30. The summed E-state index contributed by atoms with van der Waals surface area (Å²) in [4.78, 5) is 17.4. The highest BCUT2D eigenvalue weighted by Crippen LogP contribution is 2.24. The Hall–Kier alpha value is -1.43. The number of aromatic nitrogens is 1. The van der Waals surface area contributed by atoms with Crippen LogP contribution in [-0.2, 0) is 0 Å². The van der Waals surface area contributed by atoms with E-state index < -0.39 is 5.97 Å². The lowest BCUT2D eigenvalue weighted by Crippen LogP contribution is -2.41. The van der Waals surface area contributed by atoms with Gasteiger partial charge in [-0.25, -0.2) is 9.78 Å². The third kappa shape index (κ3) is 2.46. The summed E-state index contributed by atoms with van der Waals surface area (Å²) in [7, 11) is 0. The first-order valence-corrected chi connectivity index (χ1v) is 6.58. The number of aromatic carboxylic acids is 1. The standard InChI is InChI=1S/C11H15N3O2S/c1-7-6-17-3-2-14(7)10-4-8(11(15)16)9(12)5-13-10/h4-5,7H,2-3,6,12H2,1H3,(H,15,16). The Kier molecular flexibility index (Phi) is 3.42. The summed E-state index contributed by atoms with van der Waals surface area (Å²) in [6, 6.07) is 1.93. The number of nitrogen functional groups attached to an aromatic ring is 1. The van der Waals surface area contributed by atoms with Crippen LogP contribution in [0.3, 0.4) is 0 Å². The molecule has 0 aromatic carbocycles. The Bertz CT molecular complexity index is 439. The van der Waals surface area contributed by atoms with Crippen LogP contribution in [0.25, 0.3) is 0 Å². The minimum Gasteiger partial charge on any atom is -0.478 e. The summed E-state index contributed by atoms with van der Waals surface area (Å²) < 4.78 is 0. The van der Waals surface area contributed by atoms with Crippen LogP contribution >= 0.6 is 11.8 Å². The molecule has 0 bridgehead atoms. The molecule has 2 rings (SSSR count). The molecule has 17 heavy (non-hydrogen) atoms. The molecule has 5 nitrogen and oxygen atoms in total. The van der Waals surface area contributed by atoms with Crippen LogP contribution in [0.5, 0.6) is 0 Å². The first-order chi connectivity index (χ1) is 8.09. The molecule has 3 N–H and O–H groups in total. The van der Waals surface area contributed by atoms with E-state index in [0.29, 0.717) is 11.9 Å². The van der Waals surface area contributed by atoms with E-state index in [0.717, 1.165) is 18.1 Å². The molecule has 1 saturated heterocycles. The number of pyridine rings is 1. The molecule has 1 fully saturated rings. The number of carboxylic acids is 1. The first-order valence-electron chi connectivity index (χ1n) is 5.43. The van der Waals surface area contributed by atoms with Crippen molar-refractivity contribution >= 4 is 29.2 Å². The molecule has 0 saturated carbocycles. The van der Waals surface area contributed by atoms with Crippen LogP contribution in [0.15, 0.2) is 12.3 Å². The predicted molar refractivity (Wildman–Crippen MR) is 69.7 cm³/mol. The number of nitrogens with two attached hydrogens (primary N) is 1. The highest BCUT2D eigenvalue weighted by atomic mass is 32.2. The Morgan fingerprint density at radius 3 is 3.12 bits per heavy atom. The van der Waals surface area contributed by atoms with E-state index in [9.17, 15) is 4.79 Å². The van der Waals surface area contributed by atoms with Gasteiger partial charge in [-0.3, -0.25) is 0 Å². The fraction of sp³-hybridized carbons (Fsp3) is 0.455. The lowest BCUT2D eigenvalue weighted by molar-refractivity contribution is 0.0698. The number of anilines is 2. The van der Waals surface area contributed by atoms with Gasteiger partial charge in [0.25, 0.3) is 0 Å². The highest BCUT2D eigenvalue weighted by Gasteiger charge is 2.21. The number of rotatable bonds is 2. The number of nitrogens with zero attached hydrogens (tertiary/aromatic N) is 2. The molecular formula is C11H15N3O2S. The molecule has 1 aliphatic heterocycles. The van der Waals surface area contributed by atoms with E-state index in [1.54, 1.807) is 6.07 Å². The maximum Gasteiger partial charge on any atom is 0.337 e. The zero-order valence-corrected chi connectivity index (χ0v) is 10.4. The van der Waals surface area contributed by atoms with Crippen molar-refractivity contribution in [1.82, 2.24) is 4.98 Å². The Labute approximate surface area is 104 Å². The van der Waals surface area contributed by atoms with E-state index in [2.05, 4.69) is 16.8 Å². The van der Waals surface area contributed by atoms with Gasteiger partial charge < -0.3 is 15.7 Å². The lowest BCUT2D eigenvalue weighted by atomic mass is 10.2. The van der Waals surface area contributed by atoms with Crippen molar-refractivity contribution in [1.29, 1.82) is 0 Å². The predicted octanol–water partition coefficient (Wildman–Crippen LogP) is 1.30. The van der Waals surface area contributed by atoms with E-state index in [1.165, 1.54) is 6.20 Å². The average molecular weight is 253 g/mol.